The molecule has 28 heavy (non-hydrogen) atoms. The Hall–Kier alpha value is -2.94. The molecule has 1 aromatic carbocycles. The molecule has 1 aromatic heterocycles. The van der Waals surface area contributed by atoms with Crippen LogP contribution < -0.4 is 10.6 Å². The molecule has 3 N–H and O–H groups in total. The Morgan fingerprint density at radius 1 is 1.32 bits per heavy atom. The summed E-state index contributed by atoms with van der Waals surface area (Å²) in [5.74, 6) is 0.266. The largest absolute Gasteiger partial charge is 0.325 e. The average molecular weight is 405 g/mol. The van der Waals surface area contributed by atoms with Gasteiger partial charge in [-0.1, -0.05) is 43.6 Å². The molecule has 0 spiro atoms. The highest BCUT2D eigenvalue weighted by Gasteiger charge is 2.39. The van der Waals surface area contributed by atoms with Crippen LogP contribution in [0.4, 0.5) is 10.7 Å². The van der Waals surface area contributed by atoms with Gasteiger partial charge in [0, 0.05) is 11.4 Å². The predicted molar refractivity (Wildman–Crippen MR) is 102 cm³/mol. The maximum absolute atomic E-state index is 12.5. The monoisotopic (exact) mass is 404 g/mol. The Balaban J connectivity index is 1.58. The number of hydrogen-bond donors (Lipinski definition) is 3. The van der Waals surface area contributed by atoms with E-state index in [1.54, 1.807) is 24.3 Å². The van der Waals surface area contributed by atoms with E-state index in [2.05, 4.69) is 25.8 Å². The first kappa shape index (κ1) is 19.8. The number of carbonyl (C=O) groups excluding carboxylic acids is 3. The summed E-state index contributed by atoms with van der Waals surface area (Å²) < 4.78 is 0. The van der Waals surface area contributed by atoms with Crippen molar-refractivity contribution >= 4 is 35.4 Å². The first-order chi connectivity index (χ1) is 13.3. The molecule has 1 aliphatic heterocycles. The number of urea groups is 1. The molecule has 10 heteroatoms. The number of nitrogens with one attached hydrogen (secondary N) is 3. The predicted octanol–water partition coefficient (Wildman–Crippen LogP) is 2.11. The minimum Gasteiger partial charge on any atom is -0.325 e. The van der Waals surface area contributed by atoms with E-state index in [9.17, 15) is 14.4 Å². The van der Waals surface area contributed by atoms with Gasteiger partial charge in [0.25, 0.3) is 5.91 Å². The van der Waals surface area contributed by atoms with Crippen molar-refractivity contribution in [2.75, 3.05) is 5.32 Å². The van der Waals surface area contributed by atoms with E-state index in [1.165, 1.54) is 0 Å². The van der Waals surface area contributed by atoms with E-state index < -0.39 is 23.9 Å². The Kier molecular flexibility index (Phi) is 5.93. The molecular weight excluding hydrogens is 384 g/mol. The second-order valence-electron chi connectivity index (χ2n) is 6.97. The van der Waals surface area contributed by atoms with Gasteiger partial charge in [-0.15, -0.1) is 5.10 Å². The van der Waals surface area contributed by atoms with Crippen LogP contribution in [0.1, 0.15) is 31.7 Å². The molecule has 2 heterocycles. The summed E-state index contributed by atoms with van der Waals surface area (Å²) in [5.41, 5.74) is 0.649. The van der Waals surface area contributed by atoms with Crippen molar-refractivity contribution in [2.45, 2.75) is 39.3 Å². The molecule has 2 aromatic rings. The zero-order valence-corrected chi connectivity index (χ0v) is 16.3. The summed E-state index contributed by atoms with van der Waals surface area (Å²) in [4.78, 5) is 42.1. The highest BCUT2D eigenvalue weighted by Crippen LogP contribution is 2.20. The number of aromatic nitrogens is 3. The lowest BCUT2D eigenvalue weighted by Crippen LogP contribution is -2.34. The van der Waals surface area contributed by atoms with Gasteiger partial charge >= 0.3 is 6.03 Å². The summed E-state index contributed by atoms with van der Waals surface area (Å²) >= 11 is 6.09. The molecule has 0 unspecified atom stereocenters. The quantitative estimate of drug-likeness (QED) is 0.610. The molecule has 9 nitrogen and oxygen atoms in total. The fourth-order valence-electron chi connectivity index (χ4n) is 2.85. The Morgan fingerprint density at radius 2 is 2.07 bits per heavy atom. The third-order valence-corrected chi connectivity index (χ3v) is 4.54. The number of H-pyrrole nitrogens is 1. The Labute approximate surface area is 166 Å². The highest BCUT2D eigenvalue weighted by molar-refractivity contribution is 6.31. The SMILES string of the molecule is CC(C)Cc1nc(NC(=O)C[C@H]2NC(=O)N(Cc3ccccc3Cl)C2=O)n[nH]1. The van der Waals surface area contributed by atoms with Crippen LogP contribution in [0.3, 0.4) is 0 Å². The smallest absolute Gasteiger partial charge is 0.325 e. The molecule has 1 atom stereocenters. The lowest BCUT2D eigenvalue weighted by molar-refractivity contribution is -0.130. The topological polar surface area (TPSA) is 120 Å². The van der Waals surface area contributed by atoms with Crippen LogP contribution in [0.5, 0.6) is 0 Å². The van der Waals surface area contributed by atoms with E-state index in [-0.39, 0.29) is 18.9 Å². The van der Waals surface area contributed by atoms with Gasteiger partial charge in [-0.3, -0.25) is 24.9 Å². The van der Waals surface area contributed by atoms with E-state index >= 15 is 0 Å². The van der Waals surface area contributed by atoms with E-state index in [1.807, 2.05) is 13.8 Å². The highest BCUT2D eigenvalue weighted by atomic mass is 35.5. The van der Waals surface area contributed by atoms with Crippen molar-refractivity contribution in [3.05, 3.63) is 40.7 Å². The van der Waals surface area contributed by atoms with Gasteiger partial charge < -0.3 is 5.32 Å². The second kappa shape index (κ2) is 8.39. The fourth-order valence-corrected chi connectivity index (χ4v) is 3.05. The van der Waals surface area contributed by atoms with Crippen LogP contribution in [-0.2, 0) is 22.6 Å². The number of benzene rings is 1. The first-order valence-corrected chi connectivity index (χ1v) is 9.27. The normalized spacial score (nSPS) is 16.6. The molecule has 1 fully saturated rings. The third kappa shape index (κ3) is 4.66. The van der Waals surface area contributed by atoms with Crippen molar-refractivity contribution < 1.29 is 14.4 Å². The number of rotatable bonds is 7. The van der Waals surface area contributed by atoms with Crippen molar-refractivity contribution in [3.63, 3.8) is 0 Å². The van der Waals surface area contributed by atoms with Gasteiger partial charge in [0.1, 0.15) is 11.9 Å². The van der Waals surface area contributed by atoms with Crippen LogP contribution in [0.15, 0.2) is 24.3 Å². The standard InChI is InChI=1S/C18H21ClN6O3/c1-10(2)7-14-21-17(24-23-14)22-15(26)8-13-16(27)25(18(28)20-13)9-11-5-3-4-6-12(11)19/h3-6,10,13H,7-9H2,1-2H3,(H,20,28)(H2,21,22,23,24,26)/t13-/m1/s1. The zero-order valence-electron chi connectivity index (χ0n) is 15.5. The third-order valence-electron chi connectivity index (χ3n) is 4.17. The average Bonchev–Trinajstić information content (AvgIpc) is 3.15. The number of aromatic amines is 1. The zero-order chi connectivity index (χ0) is 20.3. The van der Waals surface area contributed by atoms with E-state index in [4.69, 9.17) is 11.6 Å². The van der Waals surface area contributed by atoms with Crippen LogP contribution in [0, 0.1) is 5.92 Å². The van der Waals surface area contributed by atoms with Crippen molar-refractivity contribution in [1.29, 1.82) is 0 Å². The second-order valence-corrected chi connectivity index (χ2v) is 7.38. The minimum atomic E-state index is -0.941. The summed E-state index contributed by atoms with van der Waals surface area (Å²) in [7, 11) is 0. The van der Waals surface area contributed by atoms with Gasteiger partial charge in [0.15, 0.2) is 0 Å². The first-order valence-electron chi connectivity index (χ1n) is 8.90. The molecule has 3 rings (SSSR count). The molecule has 0 saturated carbocycles. The lowest BCUT2D eigenvalue weighted by Gasteiger charge is -2.14. The van der Waals surface area contributed by atoms with Crippen LogP contribution >= 0.6 is 11.6 Å². The maximum Gasteiger partial charge on any atom is 0.325 e. The number of hydrogen-bond acceptors (Lipinski definition) is 5. The van der Waals surface area contributed by atoms with Gasteiger partial charge in [0.2, 0.25) is 11.9 Å². The molecule has 4 amide bonds. The number of carbonyl (C=O) groups is 3. The van der Waals surface area contributed by atoms with Gasteiger partial charge in [-0.25, -0.2) is 4.79 Å². The molecular formula is C18H21ClN6O3. The lowest BCUT2D eigenvalue weighted by atomic mass is 10.1. The molecule has 1 saturated heterocycles. The summed E-state index contributed by atoms with van der Waals surface area (Å²) in [6.07, 6.45) is 0.495. The Bertz CT molecular complexity index is 897. The molecule has 0 radical (unpaired) electrons. The minimum absolute atomic E-state index is 0.0436. The van der Waals surface area contributed by atoms with Crippen molar-refractivity contribution in [1.82, 2.24) is 25.4 Å². The molecule has 0 aliphatic carbocycles. The van der Waals surface area contributed by atoms with E-state index in [0.717, 1.165) is 4.90 Å². The number of halogens is 1. The number of nitrogens with zero attached hydrogens (tertiary/aromatic N) is 3. The summed E-state index contributed by atoms with van der Waals surface area (Å²) in [6.45, 7) is 4.13. The number of imide groups is 1. The van der Waals surface area contributed by atoms with Gasteiger partial charge in [-0.2, -0.15) is 4.98 Å². The van der Waals surface area contributed by atoms with Crippen molar-refractivity contribution in [3.8, 4) is 0 Å². The van der Waals surface area contributed by atoms with Crippen LogP contribution in [0.25, 0.3) is 0 Å². The summed E-state index contributed by atoms with van der Waals surface area (Å²) in [5, 5.41) is 12.2. The van der Waals surface area contributed by atoms with E-state index in [0.29, 0.717) is 28.7 Å². The van der Waals surface area contributed by atoms with Gasteiger partial charge in [-0.05, 0) is 17.5 Å². The van der Waals surface area contributed by atoms with Crippen LogP contribution in [0.2, 0.25) is 5.02 Å². The van der Waals surface area contributed by atoms with Gasteiger partial charge in [0.05, 0.1) is 13.0 Å². The van der Waals surface area contributed by atoms with Crippen LogP contribution in [-0.4, -0.2) is 44.0 Å². The maximum atomic E-state index is 12.5. The Morgan fingerprint density at radius 3 is 2.79 bits per heavy atom. The molecule has 0 bridgehead atoms. The fraction of sp³-hybridized carbons (Fsp3) is 0.389. The number of amides is 4. The van der Waals surface area contributed by atoms with Crippen molar-refractivity contribution in [2.24, 2.45) is 5.92 Å². The summed E-state index contributed by atoms with van der Waals surface area (Å²) in [6, 6.07) is 5.46. The molecule has 148 valence electrons. The number of anilines is 1. The molecule has 1 aliphatic rings.